The van der Waals surface area contributed by atoms with Gasteiger partial charge in [-0.15, -0.1) is 11.8 Å². The molecular formula is C12H22N2O3S. The molecule has 0 spiro atoms. The van der Waals surface area contributed by atoms with Crippen LogP contribution in [0.5, 0.6) is 0 Å². The number of aliphatic hydroxyl groups excluding tert-OH is 1. The van der Waals surface area contributed by atoms with E-state index in [9.17, 15) is 14.7 Å². The molecular weight excluding hydrogens is 252 g/mol. The normalized spacial score (nSPS) is 18.0. The van der Waals surface area contributed by atoms with Crippen molar-refractivity contribution in [2.75, 3.05) is 19.3 Å². The monoisotopic (exact) mass is 274 g/mol. The fourth-order valence-electron chi connectivity index (χ4n) is 1.26. The lowest BCUT2D eigenvalue weighted by molar-refractivity contribution is -0.132. The summed E-state index contributed by atoms with van der Waals surface area (Å²) in [6.45, 7) is 3.69. The second-order valence-electron chi connectivity index (χ2n) is 4.85. The van der Waals surface area contributed by atoms with Crippen LogP contribution in [-0.2, 0) is 9.59 Å². The summed E-state index contributed by atoms with van der Waals surface area (Å²) in [5, 5.41) is 12.2. The third-order valence-corrected chi connectivity index (χ3v) is 4.23. The Morgan fingerprint density at radius 1 is 1.44 bits per heavy atom. The molecule has 0 heterocycles. The van der Waals surface area contributed by atoms with Crippen LogP contribution in [0.1, 0.15) is 26.7 Å². The highest BCUT2D eigenvalue weighted by Crippen LogP contribution is 2.18. The fourth-order valence-corrected chi connectivity index (χ4v) is 2.16. The van der Waals surface area contributed by atoms with E-state index in [1.54, 1.807) is 14.0 Å². The van der Waals surface area contributed by atoms with Crippen LogP contribution < -0.4 is 5.32 Å². The van der Waals surface area contributed by atoms with Crippen LogP contribution in [0.3, 0.4) is 0 Å². The highest BCUT2D eigenvalue weighted by atomic mass is 32.2. The Labute approximate surface area is 112 Å². The lowest BCUT2D eigenvalue weighted by atomic mass is 10.3. The van der Waals surface area contributed by atoms with Gasteiger partial charge in [0.1, 0.15) is 0 Å². The molecule has 2 amide bonds. The van der Waals surface area contributed by atoms with Crippen LogP contribution in [0.25, 0.3) is 0 Å². The Kier molecular flexibility index (Phi) is 5.95. The summed E-state index contributed by atoms with van der Waals surface area (Å²) in [6.07, 6.45) is 1.65. The van der Waals surface area contributed by atoms with Crippen molar-refractivity contribution in [2.45, 2.75) is 44.1 Å². The molecule has 1 aliphatic carbocycles. The van der Waals surface area contributed by atoms with Crippen molar-refractivity contribution in [3.63, 3.8) is 0 Å². The van der Waals surface area contributed by atoms with Gasteiger partial charge in [-0.25, -0.2) is 0 Å². The number of amides is 2. The molecule has 104 valence electrons. The standard InChI is InChI=1S/C12H22N2O3S/c1-8(15)9(2)18-7-12(17)14(3)6-11(16)13-10-4-5-10/h8-10,15H,4-7H2,1-3H3,(H,13,16). The Balaban J connectivity index is 2.20. The van der Waals surface area contributed by atoms with E-state index in [2.05, 4.69) is 5.32 Å². The zero-order chi connectivity index (χ0) is 13.7. The van der Waals surface area contributed by atoms with Gasteiger partial charge in [-0.05, 0) is 19.8 Å². The third-order valence-electron chi connectivity index (χ3n) is 2.90. The van der Waals surface area contributed by atoms with Gasteiger partial charge in [0.25, 0.3) is 0 Å². The van der Waals surface area contributed by atoms with Gasteiger partial charge in [0.2, 0.25) is 11.8 Å². The second kappa shape index (κ2) is 6.99. The largest absolute Gasteiger partial charge is 0.392 e. The Bertz CT molecular complexity index is 306. The first-order valence-corrected chi connectivity index (χ1v) is 7.28. The fraction of sp³-hybridized carbons (Fsp3) is 0.833. The quantitative estimate of drug-likeness (QED) is 0.697. The van der Waals surface area contributed by atoms with Crippen molar-refractivity contribution in [1.29, 1.82) is 0 Å². The van der Waals surface area contributed by atoms with Crippen LogP contribution >= 0.6 is 11.8 Å². The molecule has 0 saturated heterocycles. The van der Waals surface area contributed by atoms with Crippen molar-refractivity contribution >= 4 is 23.6 Å². The first-order valence-electron chi connectivity index (χ1n) is 6.23. The minimum absolute atomic E-state index is 0.0163. The van der Waals surface area contributed by atoms with Crippen LogP contribution in [-0.4, -0.2) is 58.6 Å². The number of rotatable bonds is 7. The van der Waals surface area contributed by atoms with Crippen molar-refractivity contribution in [3.05, 3.63) is 0 Å². The number of nitrogens with one attached hydrogen (secondary N) is 1. The molecule has 0 aliphatic heterocycles. The smallest absolute Gasteiger partial charge is 0.239 e. The minimum Gasteiger partial charge on any atom is -0.392 e. The van der Waals surface area contributed by atoms with Crippen LogP contribution in [0.4, 0.5) is 0 Å². The number of thioether (sulfide) groups is 1. The predicted octanol–water partition coefficient (Wildman–Crippen LogP) is 0.226. The lowest BCUT2D eigenvalue weighted by Gasteiger charge is -2.19. The molecule has 0 aromatic carbocycles. The summed E-state index contributed by atoms with van der Waals surface area (Å²) >= 11 is 1.40. The molecule has 1 aliphatic rings. The maximum absolute atomic E-state index is 11.8. The summed E-state index contributed by atoms with van der Waals surface area (Å²) < 4.78 is 0. The molecule has 2 atom stereocenters. The van der Waals surface area contributed by atoms with E-state index >= 15 is 0 Å². The number of carbonyl (C=O) groups is 2. The topological polar surface area (TPSA) is 69.6 Å². The van der Waals surface area contributed by atoms with Gasteiger partial charge in [-0.1, -0.05) is 6.92 Å². The van der Waals surface area contributed by atoms with Crippen molar-refractivity contribution in [2.24, 2.45) is 0 Å². The number of hydrogen-bond donors (Lipinski definition) is 2. The van der Waals surface area contributed by atoms with E-state index < -0.39 is 6.10 Å². The van der Waals surface area contributed by atoms with Gasteiger partial charge in [0, 0.05) is 18.3 Å². The number of aliphatic hydroxyl groups is 1. The maximum Gasteiger partial charge on any atom is 0.239 e. The Morgan fingerprint density at radius 2 is 2.06 bits per heavy atom. The summed E-state index contributed by atoms with van der Waals surface area (Å²) in [6, 6.07) is 0.325. The van der Waals surface area contributed by atoms with Gasteiger partial charge in [-0.3, -0.25) is 9.59 Å². The maximum atomic E-state index is 11.8. The van der Waals surface area contributed by atoms with E-state index in [0.717, 1.165) is 12.8 Å². The van der Waals surface area contributed by atoms with E-state index in [-0.39, 0.29) is 23.6 Å². The van der Waals surface area contributed by atoms with Gasteiger partial charge >= 0.3 is 0 Å². The first-order chi connectivity index (χ1) is 8.40. The van der Waals surface area contributed by atoms with Crippen molar-refractivity contribution < 1.29 is 14.7 Å². The molecule has 0 radical (unpaired) electrons. The average Bonchev–Trinajstić information content (AvgIpc) is 3.08. The number of hydrogen-bond acceptors (Lipinski definition) is 4. The molecule has 5 nitrogen and oxygen atoms in total. The predicted molar refractivity (Wildman–Crippen MR) is 72.4 cm³/mol. The molecule has 6 heteroatoms. The zero-order valence-electron chi connectivity index (χ0n) is 11.2. The number of nitrogens with zero attached hydrogens (tertiary/aromatic N) is 1. The average molecular weight is 274 g/mol. The second-order valence-corrected chi connectivity index (χ2v) is 6.21. The zero-order valence-corrected chi connectivity index (χ0v) is 12.0. The van der Waals surface area contributed by atoms with Crippen LogP contribution in [0.2, 0.25) is 0 Å². The Morgan fingerprint density at radius 3 is 2.56 bits per heavy atom. The highest BCUT2D eigenvalue weighted by molar-refractivity contribution is 8.00. The summed E-state index contributed by atoms with van der Waals surface area (Å²) in [7, 11) is 1.63. The SMILES string of the molecule is CC(O)C(C)SCC(=O)N(C)CC(=O)NC1CC1. The molecule has 2 unspecified atom stereocenters. The van der Waals surface area contributed by atoms with E-state index in [0.29, 0.717) is 11.8 Å². The molecule has 0 aromatic rings. The van der Waals surface area contributed by atoms with E-state index in [1.807, 2.05) is 6.92 Å². The van der Waals surface area contributed by atoms with Crippen molar-refractivity contribution in [3.8, 4) is 0 Å². The summed E-state index contributed by atoms with van der Waals surface area (Å²) in [5.41, 5.74) is 0. The van der Waals surface area contributed by atoms with Gasteiger partial charge in [-0.2, -0.15) is 0 Å². The van der Waals surface area contributed by atoms with E-state index in [4.69, 9.17) is 0 Å². The molecule has 1 fully saturated rings. The summed E-state index contributed by atoms with van der Waals surface area (Å²) in [5.74, 6) is 0.111. The van der Waals surface area contributed by atoms with Gasteiger partial charge in [0.05, 0.1) is 18.4 Å². The molecule has 2 N–H and O–H groups in total. The Hall–Kier alpha value is -0.750. The van der Waals surface area contributed by atoms with Crippen LogP contribution in [0, 0.1) is 0 Å². The number of carbonyl (C=O) groups excluding carboxylic acids is 2. The molecule has 1 rings (SSSR count). The van der Waals surface area contributed by atoms with Crippen LogP contribution in [0.15, 0.2) is 0 Å². The molecule has 0 aromatic heterocycles. The van der Waals surface area contributed by atoms with Crippen molar-refractivity contribution in [1.82, 2.24) is 10.2 Å². The highest BCUT2D eigenvalue weighted by Gasteiger charge is 2.24. The summed E-state index contributed by atoms with van der Waals surface area (Å²) in [4.78, 5) is 24.7. The molecule has 18 heavy (non-hydrogen) atoms. The molecule has 1 saturated carbocycles. The lowest BCUT2D eigenvalue weighted by Crippen LogP contribution is -2.40. The van der Waals surface area contributed by atoms with Gasteiger partial charge in [0.15, 0.2) is 0 Å². The third kappa shape index (κ3) is 5.73. The van der Waals surface area contributed by atoms with Gasteiger partial charge < -0.3 is 15.3 Å². The minimum atomic E-state index is -0.439. The molecule has 0 bridgehead atoms. The number of likely N-dealkylation sites (N-methyl/N-ethyl adjacent to an activating group) is 1. The van der Waals surface area contributed by atoms with E-state index in [1.165, 1.54) is 16.7 Å². The first kappa shape index (κ1) is 15.3.